The van der Waals surface area contributed by atoms with Crippen LogP contribution in [-0.4, -0.2) is 36.9 Å². The summed E-state index contributed by atoms with van der Waals surface area (Å²) in [5.74, 6) is -0.574. The number of amides is 2. The van der Waals surface area contributed by atoms with Gasteiger partial charge in [0.25, 0.3) is 5.91 Å². The van der Waals surface area contributed by atoms with Crippen molar-refractivity contribution in [2.45, 2.75) is 6.04 Å². The molecular weight excluding hydrogens is 311 g/mol. The Balaban J connectivity index is 1.95. The van der Waals surface area contributed by atoms with E-state index in [0.717, 1.165) is 0 Å². The number of carbonyl (C=O) groups is 2. The molecule has 1 aliphatic heterocycles. The number of halogens is 1. The van der Waals surface area contributed by atoms with E-state index >= 15 is 0 Å². The van der Waals surface area contributed by atoms with Crippen molar-refractivity contribution in [3.05, 3.63) is 65.5 Å². The first kappa shape index (κ1) is 16.0. The monoisotopic (exact) mass is 328 g/mol. The Morgan fingerprint density at radius 3 is 2.58 bits per heavy atom. The van der Waals surface area contributed by atoms with Crippen molar-refractivity contribution in [2.75, 3.05) is 20.2 Å². The molecule has 0 radical (unpaired) electrons. The lowest BCUT2D eigenvalue weighted by molar-refractivity contribution is -0.128. The molecule has 3 rings (SSSR count). The summed E-state index contributed by atoms with van der Waals surface area (Å²) >= 11 is 0. The van der Waals surface area contributed by atoms with E-state index in [2.05, 4.69) is 5.32 Å². The van der Waals surface area contributed by atoms with Gasteiger partial charge in [0.15, 0.2) is 0 Å². The number of nitrogens with one attached hydrogen (secondary N) is 1. The zero-order valence-corrected chi connectivity index (χ0v) is 13.2. The molecule has 0 aromatic heterocycles. The molecule has 1 saturated heterocycles. The molecule has 2 aromatic carbocycles. The number of hydrogen-bond donors (Lipinski definition) is 1. The number of ether oxygens (including phenoxy) is 1. The van der Waals surface area contributed by atoms with Crippen molar-refractivity contribution >= 4 is 11.8 Å². The summed E-state index contributed by atoms with van der Waals surface area (Å²) in [6.45, 7) is 0.654. The summed E-state index contributed by atoms with van der Waals surface area (Å²) in [7, 11) is 1.54. The van der Waals surface area contributed by atoms with E-state index in [1.54, 1.807) is 43.5 Å². The SMILES string of the molecule is COc1ccc(C(=O)N2CCNC(=O)C2c2ccccc2F)cc1. The number of methoxy groups -OCH3 is 1. The van der Waals surface area contributed by atoms with Crippen LogP contribution in [0.4, 0.5) is 4.39 Å². The van der Waals surface area contributed by atoms with E-state index in [4.69, 9.17) is 4.74 Å². The van der Waals surface area contributed by atoms with Crippen LogP contribution in [0.5, 0.6) is 5.75 Å². The first-order chi connectivity index (χ1) is 11.6. The minimum atomic E-state index is -0.977. The van der Waals surface area contributed by atoms with Crippen molar-refractivity contribution < 1.29 is 18.7 Å². The molecule has 124 valence electrons. The maximum absolute atomic E-state index is 14.2. The Morgan fingerprint density at radius 1 is 1.21 bits per heavy atom. The van der Waals surface area contributed by atoms with Crippen molar-refractivity contribution in [1.82, 2.24) is 10.2 Å². The minimum absolute atomic E-state index is 0.191. The van der Waals surface area contributed by atoms with Crippen LogP contribution in [0, 0.1) is 5.82 Å². The van der Waals surface area contributed by atoms with E-state index < -0.39 is 11.9 Å². The van der Waals surface area contributed by atoms with E-state index in [1.165, 1.54) is 17.0 Å². The van der Waals surface area contributed by atoms with Gasteiger partial charge in [0.2, 0.25) is 5.91 Å². The van der Waals surface area contributed by atoms with E-state index in [9.17, 15) is 14.0 Å². The molecule has 2 aromatic rings. The van der Waals surface area contributed by atoms with Crippen LogP contribution in [0.15, 0.2) is 48.5 Å². The number of carbonyl (C=O) groups excluding carboxylic acids is 2. The second-order valence-electron chi connectivity index (χ2n) is 5.44. The third kappa shape index (κ3) is 2.95. The van der Waals surface area contributed by atoms with Gasteiger partial charge in [-0.1, -0.05) is 18.2 Å². The fourth-order valence-electron chi connectivity index (χ4n) is 2.79. The zero-order chi connectivity index (χ0) is 17.1. The number of hydrogen-bond acceptors (Lipinski definition) is 3. The van der Waals surface area contributed by atoms with Gasteiger partial charge >= 0.3 is 0 Å². The first-order valence-electron chi connectivity index (χ1n) is 7.59. The molecule has 1 N–H and O–H groups in total. The standard InChI is InChI=1S/C18H17FN2O3/c1-24-13-8-6-12(7-9-13)18(23)21-11-10-20-17(22)16(21)14-4-2-3-5-15(14)19/h2-9,16H,10-11H2,1H3,(H,20,22). The second-order valence-corrected chi connectivity index (χ2v) is 5.44. The van der Waals surface area contributed by atoms with Gasteiger partial charge in [-0.25, -0.2) is 4.39 Å². The highest BCUT2D eigenvalue weighted by molar-refractivity contribution is 5.98. The zero-order valence-electron chi connectivity index (χ0n) is 13.2. The second kappa shape index (κ2) is 6.70. The summed E-state index contributed by atoms with van der Waals surface area (Å²) in [5.41, 5.74) is 0.614. The van der Waals surface area contributed by atoms with Gasteiger partial charge in [-0.05, 0) is 30.3 Å². The van der Waals surface area contributed by atoms with Gasteiger partial charge in [0, 0.05) is 24.2 Å². The number of benzene rings is 2. The van der Waals surface area contributed by atoms with Crippen molar-refractivity contribution in [3.63, 3.8) is 0 Å². The largest absolute Gasteiger partial charge is 0.497 e. The normalized spacial score (nSPS) is 17.3. The van der Waals surface area contributed by atoms with Gasteiger partial charge in [0.05, 0.1) is 7.11 Å². The molecule has 1 atom stereocenters. The van der Waals surface area contributed by atoms with E-state index in [0.29, 0.717) is 24.4 Å². The Morgan fingerprint density at radius 2 is 1.92 bits per heavy atom. The molecule has 1 unspecified atom stereocenters. The van der Waals surface area contributed by atoms with Crippen molar-refractivity contribution in [3.8, 4) is 5.75 Å². The van der Waals surface area contributed by atoms with Crippen LogP contribution in [0.25, 0.3) is 0 Å². The lowest BCUT2D eigenvalue weighted by Crippen LogP contribution is -2.52. The van der Waals surface area contributed by atoms with Crippen LogP contribution in [-0.2, 0) is 4.79 Å². The van der Waals surface area contributed by atoms with Crippen LogP contribution in [0.1, 0.15) is 22.0 Å². The summed E-state index contributed by atoms with van der Waals surface area (Å²) in [6, 6.07) is 11.6. The molecule has 0 spiro atoms. The van der Waals surface area contributed by atoms with Crippen LogP contribution in [0.2, 0.25) is 0 Å². The van der Waals surface area contributed by atoms with Crippen LogP contribution >= 0.6 is 0 Å². The van der Waals surface area contributed by atoms with Gasteiger partial charge in [0.1, 0.15) is 17.6 Å². The van der Waals surface area contributed by atoms with Crippen LogP contribution < -0.4 is 10.1 Å². The quantitative estimate of drug-likeness (QED) is 0.939. The molecule has 0 saturated carbocycles. The molecule has 1 heterocycles. The molecule has 0 bridgehead atoms. The molecule has 2 amide bonds. The number of nitrogens with zero attached hydrogens (tertiary/aromatic N) is 1. The van der Waals surface area contributed by atoms with E-state index in [1.807, 2.05) is 0 Å². The highest BCUT2D eigenvalue weighted by Gasteiger charge is 2.36. The molecule has 1 aliphatic rings. The molecular formula is C18H17FN2O3. The average molecular weight is 328 g/mol. The summed E-state index contributed by atoms with van der Waals surface area (Å²) in [5, 5.41) is 2.69. The van der Waals surface area contributed by atoms with E-state index in [-0.39, 0.29) is 17.4 Å². The average Bonchev–Trinajstić information content (AvgIpc) is 2.62. The Bertz CT molecular complexity index is 761. The lowest BCUT2D eigenvalue weighted by Gasteiger charge is -2.35. The number of piperazine rings is 1. The Kier molecular flexibility index (Phi) is 4.46. The fraction of sp³-hybridized carbons (Fsp3) is 0.222. The summed E-state index contributed by atoms with van der Waals surface area (Å²) < 4.78 is 19.2. The molecule has 24 heavy (non-hydrogen) atoms. The van der Waals surface area contributed by atoms with Crippen molar-refractivity contribution in [1.29, 1.82) is 0 Å². The predicted octanol–water partition coefficient (Wildman–Crippen LogP) is 2.15. The maximum Gasteiger partial charge on any atom is 0.254 e. The van der Waals surface area contributed by atoms with Crippen molar-refractivity contribution in [2.24, 2.45) is 0 Å². The Hall–Kier alpha value is -2.89. The smallest absolute Gasteiger partial charge is 0.254 e. The summed E-state index contributed by atoms with van der Waals surface area (Å²) in [6.07, 6.45) is 0. The first-order valence-corrected chi connectivity index (χ1v) is 7.59. The highest BCUT2D eigenvalue weighted by Crippen LogP contribution is 2.27. The lowest BCUT2D eigenvalue weighted by atomic mass is 10.0. The van der Waals surface area contributed by atoms with Gasteiger partial charge in [-0.3, -0.25) is 9.59 Å². The van der Waals surface area contributed by atoms with Crippen LogP contribution in [0.3, 0.4) is 0 Å². The predicted molar refractivity (Wildman–Crippen MR) is 86.2 cm³/mol. The number of rotatable bonds is 3. The van der Waals surface area contributed by atoms with Gasteiger partial charge in [-0.15, -0.1) is 0 Å². The highest BCUT2D eigenvalue weighted by atomic mass is 19.1. The molecule has 5 nitrogen and oxygen atoms in total. The molecule has 0 aliphatic carbocycles. The molecule has 1 fully saturated rings. The fourth-order valence-corrected chi connectivity index (χ4v) is 2.79. The topological polar surface area (TPSA) is 58.6 Å². The molecule has 6 heteroatoms. The maximum atomic E-state index is 14.2. The summed E-state index contributed by atoms with van der Waals surface area (Å²) in [4.78, 5) is 26.5. The third-order valence-corrected chi connectivity index (χ3v) is 4.01. The van der Waals surface area contributed by atoms with Gasteiger partial charge in [-0.2, -0.15) is 0 Å². The third-order valence-electron chi connectivity index (χ3n) is 4.01. The van der Waals surface area contributed by atoms with Gasteiger partial charge < -0.3 is 15.0 Å². The Labute approximate surface area is 139 Å². The minimum Gasteiger partial charge on any atom is -0.497 e.